The molecule has 2 aliphatic rings. The topological polar surface area (TPSA) is 56.3 Å². The Labute approximate surface area is 169 Å². The monoisotopic (exact) mass is 390 g/mol. The van der Waals surface area contributed by atoms with Crippen molar-refractivity contribution in [1.29, 1.82) is 0 Å². The van der Waals surface area contributed by atoms with E-state index >= 15 is 0 Å². The third-order valence-corrected chi connectivity index (χ3v) is 5.60. The smallest absolute Gasteiger partial charge is 0.232 e. The van der Waals surface area contributed by atoms with E-state index < -0.39 is 0 Å². The Morgan fingerprint density at radius 3 is 2.11 bits per heavy atom. The Kier molecular flexibility index (Phi) is 7.10. The highest BCUT2D eigenvalue weighted by Crippen LogP contribution is 2.27. The third kappa shape index (κ3) is 5.92. The van der Waals surface area contributed by atoms with E-state index in [9.17, 15) is 0 Å². The molecule has 1 aromatic rings. The van der Waals surface area contributed by atoms with E-state index in [1.54, 1.807) is 0 Å². The van der Waals surface area contributed by atoms with Gasteiger partial charge in [-0.25, -0.2) is 0 Å². The van der Waals surface area contributed by atoms with Crippen LogP contribution in [0.2, 0.25) is 0 Å². The molecule has 0 bridgehead atoms. The van der Waals surface area contributed by atoms with Crippen molar-refractivity contribution in [2.75, 3.05) is 41.3 Å². The largest absolute Gasteiger partial charge is 0.360 e. The van der Waals surface area contributed by atoms with Crippen LogP contribution in [0.1, 0.15) is 59.3 Å². The molecule has 0 unspecified atom stereocenters. The first-order valence-electron chi connectivity index (χ1n) is 10.5. The summed E-state index contributed by atoms with van der Waals surface area (Å²) in [4.78, 5) is 14.4. The number of rotatable bonds is 4. The zero-order valence-electron chi connectivity index (χ0n) is 17.0. The van der Waals surface area contributed by atoms with Crippen LogP contribution >= 0.6 is 12.2 Å². The molecule has 7 heteroatoms. The maximum Gasteiger partial charge on any atom is 0.232 e. The van der Waals surface area contributed by atoms with Gasteiger partial charge in [-0.2, -0.15) is 9.97 Å². The number of nitrogens with one attached hydrogen (secondary N) is 2. The molecule has 0 atom stereocenters. The van der Waals surface area contributed by atoms with Gasteiger partial charge in [0.25, 0.3) is 0 Å². The van der Waals surface area contributed by atoms with E-state index in [4.69, 9.17) is 22.2 Å². The van der Waals surface area contributed by atoms with Crippen molar-refractivity contribution in [1.82, 2.24) is 15.3 Å². The summed E-state index contributed by atoms with van der Waals surface area (Å²) in [6.45, 7) is 10.7. The van der Waals surface area contributed by atoms with Crippen LogP contribution in [0.15, 0.2) is 6.07 Å². The van der Waals surface area contributed by atoms with Crippen molar-refractivity contribution >= 4 is 34.9 Å². The lowest BCUT2D eigenvalue weighted by atomic mass is 9.99. The molecule has 0 radical (unpaired) electrons. The van der Waals surface area contributed by atoms with Crippen molar-refractivity contribution in [3.05, 3.63) is 6.07 Å². The van der Waals surface area contributed by atoms with Crippen molar-refractivity contribution in [2.45, 2.75) is 65.3 Å². The minimum absolute atomic E-state index is 0.279. The number of piperidine rings is 1. The lowest BCUT2D eigenvalue weighted by Gasteiger charge is -2.32. The molecule has 2 saturated heterocycles. The Bertz CT molecular complexity index is 619. The molecule has 27 heavy (non-hydrogen) atoms. The fourth-order valence-electron chi connectivity index (χ4n) is 3.74. The standard InChI is InChI=1S/C20H34N6S/c1-15(2)21-20(27)24-19-22-17(25-10-6-4-5-7-11-25)14-18(23-19)26-12-8-16(3)9-13-26/h14-16H,4-13H2,1-3H3,(H2,21,22,23,24,27). The molecule has 150 valence electrons. The molecule has 0 aromatic carbocycles. The number of thiocarbonyl (C=S) groups is 1. The number of hydrogen-bond acceptors (Lipinski definition) is 5. The summed E-state index contributed by atoms with van der Waals surface area (Å²) < 4.78 is 0. The number of nitrogens with zero attached hydrogens (tertiary/aromatic N) is 4. The molecule has 2 fully saturated rings. The van der Waals surface area contributed by atoms with E-state index in [0.717, 1.165) is 43.7 Å². The fourth-order valence-corrected chi connectivity index (χ4v) is 4.07. The predicted molar refractivity (Wildman–Crippen MR) is 118 cm³/mol. The number of hydrogen-bond donors (Lipinski definition) is 2. The summed E-state index contributed by atoms with van der Waals surface area (Å²) >= 11 is 5.42. The molecule has 3 heterocycles. The second kappa shape index (κ2) is 9.53. The first kappa shape index (κ1) is 20.1. The lowest BCUT2D eigenvalue weighted by molar-refractivity contribution is 0.436. The normalized spacial score (nSPS) is 19.1. The Hall–Kier alpha value is -1.63. The second-order valence-corrected chi connectivity index (χ2v) is 8.64. The highest BCUT2D eigenvalue weighted by atomic mass is 32.1. The van der Waals surface area contributed by atoms with E-state index in [1.165, 1.54) is 38.5 Å². The van der Waals surface area contributed by atoms with Crippen molar-refractivity contribution in [2.24, 2.45) is 5.92 Å². The summed E-state index contributed by atoms with van der Waals surface area (Å²) in [6.07, 6.45) is 7.53. The van der Waals surface area contributed by atoms with Gasteiger partial charge in [0.2, 0.25) is 5.95 Å². The highest BCUT2D eigenvalue weighted by Gasteiger charge is 2.21. The average Bonchev–Trinajstić information content (AvgIpc) is 2.90. The molecule has 0 aliphatic carbocycles. The molecule has 2 N–H and O–H groups in total. The van der Waals surface area contributed by atoms with Crippen LogP contribution in [-0.4, -0.2) is 47.3 Å². The summed E-state index contributed by atoms with van der Waals surface area (Å²) in [5, 5.41) is 7.00. The molecule has 2 aliphatic heterocycles. The van der Waals surface area contributed by atoms with Gasteiger partial charge in [-0.3, -0.25) is 0 Å². The van der Waals surface area contributed by atoms with Gasteiger partial charge in [0.05, 0.1) is 0 Å². The first-order valence-corrected chi connectivity index (χ1v) is 10.9. The highest BCUT2D eigenvalue weighted by molar-refractivity contribution is 7.80. The van der Waals surface area contributed by atoms with Crippen LogP contribution in [0.5, 0.6) is 0 Å². The van der Waals surface area contributed by atoms with Gasteiger partial charge in [-0.05, 0) is 57.7 Å². The van der Waals surface area contributed by atoms with Crippen LogP contribution < -0.4 is 20.4 Å². The number of aromatic nitrogens is 2. The fraction of sp³-hybridized carbons (Fsp3) is 0.750. The predicted octanol–water partition coefficient (Wildman–Crippen LogP) is 3.79. The van der Waals surface area contributed by atoms with Crippen LogP contribution in [0, 0.1) is 5.92 Å². The van der Waals surface area contributed by atoms with E-state index in [0.29, 0.717) is 11.1 Å². The number of anilines is 3. The summed E-state index contributed by atoms with van der Waals surface area (Å²) in [6, 6.07) is 2.45. The molecule has 6 nitrogen and oxygen atoms in total. The molecule has 1 aromatic heterocycles. The Morgan fingerprint density at radius 2 is 1.56 bits per heavy atom. The lowest BCUT2D eigenvalue weighted by Crippen LogP contribution is -2.36. The van der Waals surface area contributed by atoms with Crippen molar-refractivity contribution < 1.29 is 0 Å². The molecule has 0 saturated carbocycles. The third-order valence-electron chi connectivity index (χ3n) is 5.38. The van der Waals surface area contributed by atoms with Gasteiger partial charge in [0.1, 0.15) is 11.6 Å². The Morgan fingerprint density at radius 1 is 1.00 bits per heavy atom. The van der Waals surface area contributed by atoms with E-state index in [1.807, 2.05) is 0 Å². The van der Waals surface area contributed by atoms with Crippen LogP contribution in [-0.2, 0) is 0 Å². The van der Waals surface area contributed by atoms with Crippen molar-refractivity contribution in [3.8, 4) is 0 Å². The molecular formula is C20H34N6S. The maximum atomic E-state index is 5.42. The minimum Gasteiger partial charge on any atom is -0.360 e. The Balaban J connectivity index is 1.83. The maximum absolute atomic E-state index is 5.42. The zero-order chi connectivity index (χ0) is 19.2. The molecule has 0 spiro atoms. The molecular weight excluding hydrogens is 356 g/mol. The van der Waals surface area contributed by atoms with E-state index in [2.05, 4.69) is 47.3 Å². The zero-order valence-corrected chi connectivity index (χ0v) is 17.8. The van der Waals surface area contributed by atoms with Gasteiger partial charge in [0, 0.05) is 38.3 Å². The van der Waals surface area contributed by atoms with Gasteiger partial charge < -0.3 is 20.4 Å². The summed E-state index contributed by atoms with van der Waals surface area (Å²) in [7, 11) is 0. The van der Waals surface area contributed by atoms with E-state index in [-0.39, 0.29) is 6.04 Å². The van der Waals surface area contributed by atoms with Crippen LogP contribution in [0.4, 0.5) is 17.6 Å². The second-order valence-electron chi connectivity index (χ2n) is 8.23. The van der Waals surface area contributed by atoms with Crippen LogP contribution in [0.25, 0.3) is 0 Å². The van der Waals surface area contributed by atoms with Crippen LogP contribution in [0.3, 0.4) is 0 Å². The summed E-state index contributed by atoms with van der Waals surface area (Å²) in [5.41, 5.74) is 0. The quantitative estimate of drug-likeness (QED) is 0.759. The molecule has 0 amide bonds. The van der Waals surface area contributed by atoms with Gasteiger partial charge >= 0.3 is 0 Å². The average molecular weight is 391 g/mol. The minimum atomic E-state index is 0.279. The first-order chi connectivity index (χ1) is 13.0. The van der Waals surface area contributed by atoms with Gasteiger partial charge in [-0.15, -0.1) is 0 Å². The van der Waals surface area contributed by atoms with Crippen molar-refractivity contribution in [3.63, 3.8) is 0 Å². The molecule has 3 rings (SSSR count). The van der Waals surface area contributed by atoms with Gasteiger partial charge in [0.15, 0.2) is 5.11 Å². The van der Waals surface area contributed by atoms with Gasteiger partial charge in [-0.1, -0.05) is 19.8 Å². The summed E-state index contributed by atoms with van der Waals surface area (Å²) in [5.74, 6) is 3.44. The SMILES string of the molecule is CC1CCN(c2cc(N3CCCCCC3)nc(NC(=S)NC(C)C)n2)CC1.